The first kappa shape index (κ1) is 25.5. The van der Waals surface area contributed by atoms with Crippen molar-refractivity contribution in [3.63, 3.8) is 0 Å². The molecule has 0 spiro atoms. The molecular weight excluding hydrogens is 450 g/mol. The lowest BCUT2D eigenvalue weighted by Gasteiger charge is -2.41. The molecule has 4 rings (SSSR count). The number of imide groups is 1. The van der Waals surface area contributed by atoms with E-state index in [1.54, 1.807) is 13.0 Å². The zero-order chi connectivity index (χ0) is 25.4. The number of ether oxygens (including phenoxy) is 1. The Morgan fingerprint density at radius 1 is 1.11 bits per heavy atom. The highest BCUT2D eigenvalue weighted by atomic mass is 16.5. The molecule has 0 saturated carbocycles. The second-order valence-electron chi connectivity index (χ2n) is 9.46. The summed E-state index contributed by atoms with van der Waals surface area (Å²) in [5.41, 5.74) is 1.42. The molecule has 0 unspecified atom stereocenters. The fourth-order valence-electron chi connectivity index (χ4n) is 5.33. The molecule has 2 heterocycles. The van der Waals surface area contributed by atoms with Crippen LogP contribution in [0.2, 0.25) is 0 Å². The maximum atomic E-state index is 13.7. The second kappa shape index (κ2) is 11.9. The normalized spacial score (nSPS) is 20.5. The summed E-state index contributed by atoms with van der Waals surface area (Å²) in [4.78, 5) is 30.3. The molecule has 0 radical (unpaired) electrons. The maximum Gasteiger partial charge on any atom is 0.325 e. The van der Waals surface area contributed by atoms with Crippen LogP contribution in [0.15, 0.2) is 67.3 Å². The summed E-state index contributed by atoms with van der Waals surface area (Å²) in [6.45, 7) is 8.56. The van der Waals surface area contributed by atoms with E-state index in [1.807, 2.05) is 36.4 Å². The van der Waals surface area contributed by atoms with Crippen molar-refractivity contribution in [3.05, 3.63) is 78.4 Å². The summed E-state index contributed by atoms with van der Waals surface area (Å²) in [5, 5.41) is 3.13. The van der Waals surface area contributed by atoms with Crippen LogP contribution in [0.1, 0.15) is 37.3 Å². The monoisotopic (exact) mass is 485 g/mol. The van der Waals surface area contributed by atoms with Gasteiger partial charge in [0.2, 0.25) is 0 Å². The smallest absolute Gasteiger partial charge is 0.325 e. The number of nitrogens with one attached hydrogen (secondary N) is 1. The quantitative estimate of drug-likeness (QED) is 0.308. The molecular formula is C30H35N3O3. The topological polar surface area (TPSA) is 61.9 Å². The van der Waals surface area contributed by atoms with E-state index in [4.69, 9.17) is 4.74 Å². The molecule has 2 saturated heterocycles. The number of likely N-dealkylation sites (tertiary alicyclic amines) is 1. The molecule has 0 aromatic heterocycles. The van der Waals surface area contributed by atoms with Crippen LogP contribution in [-0.2, 0) is 17.8 Å². The van der Waals surface area contributed by atoms with Gasteiger partial charge in [-0.3, -0.25) is 14.6 Å². The lowest BCUT2D eigenvalue weighted by atomic mass is 9.74. The highest BCUT2D eigenvalue weighted by molar-refractivity contribution is 6.07. The molecule has 2 aromatic rings. The van der Waals surface area contributed by atoms with Crippen LogP contribution in [0.5, 0.6) is 5.75 Å². The van der Waals surface area contributed by atoms with Gasteiger partial charge in [-0.05, 0) is 63.2 Å². The molecule has 2 aliphatic heterocycles. The van der Waals surface area contributed by atoms with Gasteiger partial charge in [0.05, 0.1) is 6.54 Å². The Bertz CT molecular complexity index is 1130. The average Bonchev–Trinajstić information content (AvgIpc) is 3.16. The Hall–Kier alpha value is -3.56. The third kappa shape index (κ3) is 5.63. The van der Waals surface area contributed by atoms with Gasteiger partial charge in [-0.25, -0.2) is 4.79 Å². The van der Waals surface area contributed by atoms with Gasteiger partial charge in [0.15, 0.2) is 0 Å². The first-order valence-electron chi connectivity index (χ1n) is 12.7. The Kier molecular flexibility index (Phi) is 8.45. The van der Waals surface area contributed by atoms with Crippen molar-refractivity contribution in [3.8, 4) is 17.6 Å². The Labute approximate surface area is 214 Å². The summed E-state index contributed by atoms with van der Waals surface area (Å²) in [5.74, 6) is 6.51. The highest BCUT2D eigenvalue weighted by Crippen LogP contribution is 2.37. The van der Waals surface area contributed by atoms with Crippen LogP contribution >= 0.6 is 0 Å². The number of carbonyl (C=O) groups is 2. The highest BCUT2D eigenvalue weighted by Gasteiger charge is 2.55. The molecule has 1 atom stereocenters. The number of hydrogen-bond acceptors (Lipinski definition) is 4. The summed E-state index contributed by atoms with van der Waals surface area (Å²) in [6.07, 6.45) is 4.74. The van der Waals surface area contributed by atoms with Crippen LogP contribution in [0.25, 0.3) is 0 Å². The summed E-state index contributed by atoms with van der Waals surface area (Å²) < 4.78 is 5.84. The first-order chi connectivity index (χ1) is 17.6. The molecule has 0 aliphatic carbocycles. The van der Waals surface area contributed by atoms with Gasteiger partial charge in [-0.2, -0.15) is 0 Å². The third-order valence-corrected chi connectivity index (χ3v) is 7.27. The summed E-state index contributed by atoms with van der Waals surface area (Å²) in [7, 11) is 0. The lowest BCUT2D eigenvalue weighted by molar-refractivity contribution is -0.134. The molecule has 2 aliphatic rings. The Balaban J connectivity index is 1.48. The third-order valence-electron chi connectivity index (χ3n) is 7.27. The van der Waals surface area contributed by atoms with Crippen molar-refractivity contribution in [2.45, 2.75) is 44.7 Å². The number of urea groups is 1. The Morgan fingerprint density at radius 3 is 2.56 bits per heavy atom. The van der Waals surface area contributed by atoms with E-state index in [-0.39, 0.29) is 24.4 Å². The minimum Gasteiger partial charge on any atom is -0.489 e. The van der Waals surface area contributed by atoms with Crippen LogP contribution < -0.4 is 10.1 Å². The van der Waals surface area contributed by atoms with Gasteiger partial charge < -0.3 is 10.1 Å². The van der Waals surface area contributed by atoms with Crippen molar-refractivity contribution in [1.82, 2.24) is 15.1 Å². The standard InChI is InChI=1S/C30H35N3O3/c1-3-5-19-33-28(34)30(31-29(33)35,18-15-24-11-7-6-8-12-24)26-16-20-32(21-17-26)23-25-13-9-10-14-27(25)36-22-4-2/h4,6-14,26H,2,15-23H2,1H3,(H,31,35)/t30-/m0/s1. The summed E-state index contributed by atoms with van der Waals surface area (Å²) >= 11 is 0. The second-order valence-corrected chi connectivity index (χ2v) is 9.46. The average molecular weight is 486 g/mol. The van der Waals surface area contributed by atoms with Gasteiger partial charge in [0.25, 0.3) is 5.91 Å². The van der Waals surface area contributed by atoms with Crippen LogP contribution in [0.3, 0.4) is 0 Å². The molecule has 36 heavy (non-hydrogen) atoms. The predicted octanol–water partition coefficient (Wildman–Crippen LogP) is 4.41. The molecule has 2 aromatic carbocycles. The van der Waals surface area contributed by atoms with Gasteiger partial charge in [-0.15, -0.1) is 5.92 Å². The van der Waals surface area contributed by atoms with Crippen molar-refractivity contribution in [2.24, 2.45) is 5.92 Å². The van der Waals surface area contributed by atoms with E-state index < -0.39 is 5.54 Å². The van der Waals surface area contributed by atoms with Crippen molar-refractivity contribution in [1.29, 1.82) is 0 Å². The maximum absolute atomic E-state index is 13.7. The van der Waals surface area contributed by atoms with E-state index in [0.29, 0.717) is 13.0 Å². The minimum atomic E-state index is -0.889. The molecule has 1 N–H and O–H groups in total. The lowest BCUT2D eigenvalue weighted by Crippen LogP contribution is -2.56. The van der Waals surface area contributed by atoms with E-state index in [9.17, 15) is 9.59 Å². The fraction of sp³-hybridized carbons (Fsp3) is 0.400. The number of rotatable bonds is 10. The van der Waals surface area contributed by atoms with Crippen molar-refractivity contribution >= 4 is 11.9 Å². The molecule has 2 fully saturated rings. The summed E-state index contributed by atoms with van der Waals surface area (Å²) in [6, 6.07) is 17.9. The van der Waals surface area contributed by atoms with Crippen molar-refractivity contribution in [2.75, 3.05) is 26.2 Å². The van der Waals surface area contributed by atoms with Crippen LogP contribution in [0, 0.1) is 17.8 Å². The molecule has 188 valence electrons. The molecule has 6 heteroatoms. The molecule has 3 amide bonds. The number of nitrogens with zero attached hydrogens (tertiary/aromatic N) is 2. The molecule has 6 nitrogen and oxygen atoms in total. The number of aryl methyl sites for hydroxylation is 1. The number of hydrogen-bond donors (Lipinski definition) is 1. The number of carbonyl (C=O) groups excluding carboxylic acids is 2. The van der Waals surface area contributed by atoms with Gasteiger partial charge in [0, 0.05) is 12.1 Å². The number of piperidine rings is 1. The van der Waals surface area contributed by atoms with E-state index in [0.717, 1.165) is 50.2 Å². The van der Waals surface area contributed by atoms with Crippen molar-refractivity contribution < 1.29 is 14.3 Å². The SMILES string of the molecule is C=CCOc1ccccc1CN1CCC([C@]2(CCc3ccccc3)NC(=O)N(CC#CC)C2=O)CC1. The van der Waals surface area contributed by atoms with Gasteiger partial charge in [-0.1, -0.05) is 67.1 Å². The van der Waals surface area contributed by atoms with E-state index >= 15 is 0 Å². The number of para-hydroxylation sites is 1. The minimum absolute atomic E-state index is 0.0701. The van der Waals surface area contributed by atoms with Gasteiger partial charge >= 0.3 is 6.03 Å². The van der Waals surface area contributed by atoms with Crippen LogP contribution in [0.4, 0.5) is 4.79 Å². The largest absolute Gasteiger partial charge is 0.489 e. The van der Waals surface area contributed by atoms with E-state index in [2.05, 4.69) is 46.8 Å². The van der Waals surface area contributed by atoms with Gasteiger partial charge in [0.1, 0.15) is 17.9 Å². The first-order valence-corrected chi connectivity index (χ1v) is 12.7. The number of amides is 3. The zero-order valence-electron chi connectivity index (χ0n) is 21.0. The fourth-order valence-corrected chi connectivity index (χ4v) is 5.33. The van der Waals surface area contributed by atoms with E-state index in [1.165, 1.54) is 10.5 Å². The predicted molar refractivity (Wildman–Crippen MR) is 141 cm³/mol. The molecule has 0 bridgehead atoms. The zero-order valence-corrected chi connectivity index (χ0v) is 21.0. The van der Waals surface area contributed by atoms with Crippen LogP contribution in [-0.4, -0.2) is 53.5 Å². The Morgan fingerprint density at radius 2 is 1.83 bits per heavy atom. The number of benzene rings is 2.